The summed E-state index contributed by atoms with van der Waals surface area (Å²) >= 11 is 6.27. The van der Waals surface area contributed by atoms with E-state index in [-0.39, 0.29) is 16.2 Å². The van der Waals surface area contributed by atoms with Crippen molar-refractivity contribution in [1.82, 2.24) is 0 Å². The first-order valence-corrected chi connectivity index (χ1v) is 12.6. The fourth-order valence-electron chi connectivity index (χ4n) is 3.98. The van der Waals surface area contributed by atoms with Crippen molar-refractivity contribution in [2.45, 2.75) is 11.8 Å². The highest BCUT2D eigenvalue weighted by molar-refractivity contribution is 7.87. The maximum absolute atomic E-state index is 13.5. The van der Waals surface area contributed by atoms with Gasteiger partial charge in [0.05, 0.1) is 5.56 Å². The summed E-state index contributed by atoms with van der Waals surface area (Å²) in [5.41, 5.74) is 1.61. The minimum atomic E-state index is -4.30. The number of anilines is 1. The molecule has 0 atom stereocenters. The molecule has 1 amide bonds. The largest absolute Gasteiger partial charge is 0.378 e. The van der Waals surface area contributed by atoms with Crippen LogP contribution in [0.5, 0.6) is 5.75 Å². The number of rotatable bonds is 5. The van der Waals surface area contributed by atoms with Gasteiger partial charge in [0.15, 0.2) is 5.75 Å². The normalized spacial score (nSPS) is 11.5. The van der Waals surface area contributed by atoms with Gasteiger partial charge in [0.2, 0.25) is 0 Å². The van der Waals surface area contributed by atoms with E-state index in [1.54, 1.807) is 42.5 Å². The topological polar surface area (TPSA) is 72.5 Å². The van der Waals surface area contributed by atoms with Crippen molar-refractivity contribution in [2.24, 2.45) is 0 Å². The molecule has 5 nitrogen and oxygen atoms in total. The number of benzene rings is 5. The minimum Gasteiger partial charge on any atom is -0.378 e. The molecular formula is C28H20ClNO4S. The number of carbonyl (C=O) groups excluding carboxylic acids is 1. The van der Waals surface area contributed by atoms with E-state index in [1.807, 2.05) is 49.4 Å². The number of nitrogens with one attached hydrogen (secondary N) is 1. The zero-order valence-corrected chi connectivity index (χ0v) is 20.2. The predicted octanol–water partition coefficient (Wildman–Crippen LogP) is 6.97. The van der Waals surface area contributed by atoms with Gasteiger partial charge in [-0.05, 0) is 53.6 Å². The van der Waals surface area contributed by atoms with E-state index in [9.17, 15) is 13.2 Å². The standard InChI is InChI=1S/C28H20ClNO4S/c1-18-8-2-7-13-25(18)30-28(31)23-16-19-9-3-4-10-20(19)17-26(23)34-35(32,33)27-15-14-24(29)21-11-5-6-12-22(21)27/h2-17H,1H3,(H,30,31). The van der Waals surface area contributed by atoms with Crippen LogP contribution in [0.1, 0.15) is 15.9 Å². The molecule has 5 aromatic rings. The molecule has 0 fully saturated rings. The maximum Gasteiger partial charge on any atom is 0.339 e. The zero-order valence-electron chi connectivity index (χ0n) is 18.7. The van der Waals surface area contributed by atoms with Crippen molar-refractivity contribution < 1.29 is 17.4 Å². The molecule has 0 heterocycles. The summed E-state index contributed by atoms with van der Waals surface area (Å²) in [6.07, 6.45) is 0. The average molecular weight is 502 g/mol. The van der Waals surface area contributed by atoms with Gasteiger partial charge in [0, 0.05) is 21.5 Å². The SMILES string of the molecule is Cc1ccccc1NC(=O)c1cc2ccccc2cc1OS(=O)(=O)c1ccc(Cl)c2ccccc12. The molecule has 0 spiro atoms. The highest BCUT2D eigenvalue weighted by Crippen LogP contribution is 2.33. The van der Waals surface area contributed by atoms with Crippen LogP contribution < -0.4 is 9.50 Å². The van der Waals surface area contributed by atoms with Crippen LogP contribution in [0.15, 0.2) is 102 Å². The lowest BCUT2D eigenvalue weighted by Gasteiger charge is -2.15. The summed E-state index contributed by atoms with van der Waals surface area (Å²) in [4.78, 5) is 13.3. The molecule has 0 aliphatic rings. The molecule has 0 saturated heterocycles. The van der Waals surface area contributed by atoms with Crippen molar-refractivity contribution in [2.75, 3.05) is 5.32 Å². The van der Waals surface area contributed by atoms with Gasteiger partial charge in [0.1, 0.15) is 4.90 Å². The Hall–Kier alpha value is -3.87. The molecule has 0 aliphatic heterocycles. The van der Waals surface area contributed by atoms with E-state index in [0.29, 0.717) is 21.5 Å². The molecule has 0 unspecified atom stereocenters. The molecule has 5 rings (SSSR count). The summed E-state index contributed by atoms with van der Waals surface area (Å²) in [6.45, 7) is 1.88. The lowest BCUT2D eigenvalue weighted by Crippen LogP contribution is -2.17. The molecule has 0 aliphatic carbocycles. The summed E-state index contributed by atoms with van der Waals surface area (Å²) in [6, 6.07) is 27.8. The molecule has 0 bridgehead atoms. The fourth-order valence-corrected chi connectivity index (χ4v) is 5.36. The summed E-state index contributed by atoms with van der Waals surface area (Å²) in [5.74, 6) is -0.537. The first-order valence-electron chi connectivity index (χ1n) is 10.8. The Morgan fingerprint density at radius 2 is 1.43 bits per heavy atom. The smallest absolute Gasteiger partial charge is 0.339 e. The monoisotopic (exact) mass is 501 g/mol. The van der Waals surface area contributed by atoms with Crippen LogP contribution in [0.3, 0.4) is 0 Å². The van der Waals surface area contributed by atoms with Gasteiger partial charge in [-0.1, -0.05) is 78.3 Å². The zero-order chi connectivity index (χ0) is 24.6. The Morgan fingerprint density at radius 1 is 0.800 bits per heavy atom. The first kappa shape index (κ1) is 22.9. The van der Waals surface area contributed by atoms with E-state index in [1.165, 1.54) is 12.1 Å². The summed E-state index contributed by atoms with van der Waals surface area (Å²) < 4.78 is 32.5. The lowest BCUT2D eigenvalue weighted by molar-refractivity contribution is 0.102. The third kappa shape index (κ3) is 4.46. The summed E-state index contributed by atoms with van der Waals surface area (Å²) in [5, 5.41) is 5.85. The average Bonchev–Trinajstić information content (AvgIpc) is 2.85. The Morgan fingerprint density at radius 3 is 2.17 bits per heavy atom. The molecule has 35 heavy (non-hydrogen) atoms. The Labute approximate surface area is 208 Å². The number of fused-ring (bicyclic) bond motifs is 2. The van der Waals surface area contributed by atoms with E-state index in [4.69, 9.17) is 15.8 Å². The van der Waals surface area contributed by atoms with Crippen LogP contribution in [-0.4, -0.2) is 14.3 Å². The van der Waals surface area contributed by atoms with Gasteiger partial charge >= 0.3 is 10.1 Å². The van der Waals surface area contributed by atoms with Gasteiger partial charge in [-0.3, -0.25) is 4.79 Å². The van der Waals surface area contributed by atoms with Crippen LogP contribution in [0, 0.1) is 6.92 Å². The van der Waals surface area contributed by atoms with E-state index >= 15 is 0 Å². The van der Waals surface area contributed by atoms with E-state index in [0.717, 1.165) is 16.3 Å². The number of carbonyl (C=O) groups is 1. The van der Waals surface area contributed by atoms with Crippen LogP contribution in [0.25, 0.3) is 21.5 Å². The van der Waals surface area contributed by atoms with Crippen molar-refractivity contribution >= 4 is 54.9 Å². The van der Waals surface area contributed by atoms with Gasteiger partial charge in [-0.15, -0.1) is 0 Å². The van der Waals surface area contributed by atoms with Gasteiger partial charge < -0.3 is 9.50 Å². The third-order valence-electron chi connectivity index (χ3n) is 5.79. The van der Waals surface area contributed by atoms with Gasteiger partial charge in [0.25, 0.3) is 5.91 Å². The molecule has 5 aromatic carbocycles. The highest BCUT2D eigenvalue weighted by Gasteiger charge is 2.24. The number of halogens is 1. The van der Waals surface area contributed by atoms with Crippen LogP contribution in [0.2, 0.25) is 5.02 Å². The Balaban J connectivity index is 1.61. The second-order valence-electron chi connectivity index (χ2n) is 8.09. The van der Waals surface area contributed by atoms with Gasteiger partial charge in [-0.25, -0.2) is 0 Å². The lowest BCUT2D eigenvalue weighted by atomic mass is 10.1. The number of hydrogen-bond donors (Lipinski definition) is 1. The number of hydrogen-bond acceptors (Lipinski definition) is 4. The first-order chi connectivity index (χ1) is 16.8. The third-order valence-corrected chi connectivity index (χ3v) is 7.41. The predicted molar refractivity (Wildman–Crippen MR) is 140 cm³/mol. The van der Waals surface area contributed by atoms with Crippen molar-refractivity contribution in [3.8, 4) is 5.75 Å². The molecule has 0 aromatic heterocycles. The summed E-state index contributed by atoms with van der Waals surface area (Å²) in [7, 11) is -4.30. The molecular weight excluding hydrogens is 482 g/mol. The molecule has 0 radical (unpaired) electrons. The molecule has 0 saturated carbocycles. The molecule has 7 heteroatoms. The van der Waals surface area contributed by atoms with Crippen LogP contribution in [0.4, 0.5) is 5.69 Å². The van der Waals surface area contributed by atoms with Crippen molar-refractivity contribution in [3.05, 3.63) is 113 Å². The quantitative estimate of drug-likeness (QED) is 0.264. The van der Waals surface area contributed by atoms with E-state index in [2.05, 4.69) is 5.32 Å². The minimum absolute atomic E-state index is 0.0316. The van der Waals surface area contributed by atoms with E-state index < -0.39 is 16.0 Å². The van der Waals surface area contributed by atoms with Crippen molar-refractivity contribution in [1.29, 1.82) is 0 Å². The van der Waals surface area contributed by atoms with Crippen molar-refractivity contribution in [3.63, 3.8) is 0 Å². The molecule has 174 valence electrons. The number of amides is 1. The van der Waals surface area contributed by atoms with Crippen LogP contribution in [-0.2, 0) is 10.1 Å². The second kappa shape index (κ2) is 9.06. The Bertz CT molecular complexity index is 1710. The number of para-hydroxylation sites is 1. The Kier molecular flexibility index (Phi) is 5.93. The van der Waals surface area contributed by atoms with Gasteiger partial charge in [-0.2, -0.15) is 8.42 Å². The molecule has 1 N–H and O–H groups in total. The fraction of sp³-hybridized carbons (Fsp3) is 0.0357. The number of aryl methyl sites for hydroxylation is 1. The van der Waals surface area contributed by atoms with Crippen LogP contribution >= 0.6 is 11.6 Å². The maximum atomic E-state index is 13.5. The highest BCUT2D eigenvalue weighted by atomic mass is 35.5. The second-order valence-corrected chi connectivity index (χ2v) is 10.0.